The molecule has 114 valence electrons. The molecule has 4 nitrogen and oxygen atoms in total. The lowest BCUT2D eigenvalue weighted by molar-refractivity contribution is -0.137. The van der Waals surface area contributed by atoms with E-state index in [0.717, 1.165) is 44.6 Å². The summed E-state index contributed by atoms with van der Waals surface area (Å²) >= 11 is 5.58. The first-order valence-electron chi connectivity index (χ1n) is 7.20. The van der Waals surface area contributed by atoms with Crippen LogP contribution in [-0.4, -0.2) is 43.4 Å². The number of carbonyl (C=O) groups is 1. The van der Waals surface area contributed by atoms with Gasteiger partial charge in [-0.05, 0) is 25.7 Å². The number of alkyl halides is 1. The summed E-state index contributed by atoms with van der Waals surface area (Å²) in [6.07, 6.45) is 7.36. The summed E-state index contributed by atoms with van der Waals surface area (Å²) in [4.78, 5) is 10.3. The predicted octanol–water partition coefficient (Wildman–Crippen LogP) is 3.46. The van der Waals surface area contributed by atoms with Crippen molar-refractivity contribution >= 4 is 17.6 Å². The first-order chi connectivity index (χ1) is 9.27. The largest absolute Gasteiger partial charge is 0.481 e. The Morgan fingerprint density at radius 3 is 1.84 bits per heavy atom. The number of aliphatic carboxylic acids is 1. The first kappa shape index (κ1) is 18.7. The molecule has 0 aliphatic carbocycles. The molecule has 0 aromatic carbocycles. The molecule has 1 N–H and O–H groups in total. The van der Waals surface area contributed by atoms with Gasteiger partial charge in [0, 0.05) is 25.5 Å². The van der Waals surface area contributed by atoms with E-state index >= 15 is 0 Å². The van der Waals surface area contributed by atoms with Gasteiger partial charge in [-0.1, -0.05) is 19.3 Å². The number of hydrogen-bond acceptors (Lipinski definition) is 3. The van der Waals surface area contributed by atoms with Gasteiger partial charge in [0.05, 0.1) is 13.2 Å². The molecule has 0 aliphatic rings. The molecule has 0 aromatic heterocycles. The quantitative estimate of drug-likeness (QED) is 0.371. The molecule has 0 amide bonds. The number of halogens is 1. The third-order valence-electron chi connectivity index (χ3n) is 2.72. The molecule has 19 heavy (non-hydrogen) atoms. The van der Waals surface area contributed by atoms with Gasteiger partial charge in [-0.25, -0.2) is 0 Å². The Hall–Kier alpha value is -0.320. The second-order valence-corrected chi connectivity index (χ2v) is 4.91. The molecular weight excluding hydrogens is 268 g/mol. The van der Waals surface area contributed by atoms with Crippen molar-refractivity contribution in [2.24, 2.45) is 0 Å². The lowest BCUT2D eigenvalue weighted by atomic mass is 10.2. The molecule has 0 aliphatic heterocycles. The Labute approximate surface area is 121 Å². The molecule has 0 aromatic rings. The molecule has 0 saturated heterocycles. The molecule has 0 unspecified atom stereocenters. The zero-order valence-electron chi connectivity index (χ0n) is 11.7. The highest BCUT2D eigenvalue weighted by atomic mass is 35.5. The van der Waals surface area contributed by atoms with E-state index in [1.165, 1.54) is 12.8 Å². The van der Waals surface area contributed by atoms with Gasteiger partial charge in [0.25, 0.3) is 0 Å². The Bertz CT molecular complexity index is 200. The van der Waals surface area contributed by atoms with Crippen LogP contribution in [0, 0.1) is 0 Å². The maximum absolute atomic E-state index is 10.3. The SMILES string of the molecule is O=C(O)CCCCCOCCOCCCCCCCl. The van der Waals surface area contributed by atoms with Gasteiger partial charge in [-0.15, -0.1) is 11.6 Å². The standard InChI is InChI=1S/C14H27ClO4/c15-9-5-1-2-6-10-18-12-13-19-11-7-3-4-8-14(16)17/h1-13H2,(H,16,17). The van der Waals surface area contributed by atoms with Crippen LogP contribution in [0.2, 0.25) is 0 Å². The van der Waals surface area contributed by atoms with Crippen molar-refractivity contribution in [1.82, 2.24) is 0 Å². The van der Waals surface area contributed by atoms with Crippen LogP contribution < -0.4 is 0 Å². The van der Waals surface area contributed by atoms with E-state index in [0.29, 0.717) is 19.8 Å². The normalized spacial score (nSPS) is 10.8. The molecular formula is C14H27ClO4. The summed E-state index contributed by atoms with van der Waals surface area (Å²) in [5, 5.41) is 8.45. The zero-order chi connectivity index (χ0) is 14.2. The van der Waals surface area contributed by atoms with Crippen molar-refractivity contribution in [3.8, 4) is 0 Å². The molecule has 0 radical (unpaired) electrons. The number of hydrogen-bond donors (Lipinski definition) is 1. The van der Waals surface area contributed by atoms with Crippen LogP contribution in [0.3, 0.4) is 0 Å². The van der Waals surface area contributed by atoms with Crippen LogP contribution in [0.1, 0.15) is 51.4 Å². The zero-order valence-corrected chi connectivity index (χ0v) is 12.5. The van der Waals surface area contributed by atoms with Crippen LogP contribution >= 0.6 is 11.6 Å². The van der Waals surface area contributed by atoms with Crippen LogP contribution in [0.5, 0.6) is 0 Å². The van der Waals surface area contributed by atoms with E-state index in [-0.39, 0.29) is 6.42 Å². The van der Waals surface area contributed by atoms with Crippen LogP contribution in [0.15, 0.2) is 0 Å². The minimum atomic E-state index is -0.722. The van der Waals surface area contributed by atoms with E-state index in [1.807, 2.05) is 0 Å². The molecule has 0 fully saturated rings. The van der Waals surface area contributed by atoms with Gasteiger partial charge in [0.1, 0.15) is 0 Å². The maximum Gasteiger partial charge on any atom is 0.303 e. The van der Waals surface area contributed by atoms with Crippen molar-refractivity contribution in [3.05, 3.63) is 0 Å². The minimum absolute atomic E-state index is 0.257. The molecule has 0 atom stereocenters. The molecule has 0 spiro atoms. The smallest absolute Gasteiger partial charge is 0.303 e. The summed E-state index contributed by atoms with van der Waals surface area (Å²) in [7, 11) is 0. The summed E-state index contributed by atoms with van der Waals surface area (Å²) in [6, 6.07) is 0. The fourth-order valence-corrected chi connectivity index (χ4v) is 1.82. The van der Waals surface area contributed by atoms with Gasteiger partial charge in [-0.3, -0.25) is 4.79 Å². The van der Waals surface area contributed by atoms with E-state index in [4.69, 9.17) is 26.2 Å². The van der Waals surface area contributed by atoms with Gasteiger partial charge in [-0.2, -0.15) is 0 Å². The Morgan fingerprint density at radius 2 is 1.32 bits per heavy atom. The Morgan fingerprint density at radius 1 is 0.789 bits per heavy atom. The summed E-state index contributed by atoms with van der Waals surface area (Å²) in [5.74, 6) is 0.0293. The lowest BCUT2D eigenvalue weighted by Gasteiger charge is -2.05. The topological polar surface area (TPSA) is 55.8 Å². The van der Waals surface area contributed by atoms with Gasteiger partial charge in [0.2, 0.25) is 0 Å². The van der Waals surface area contributed by atoms with E-state index < -0.39 is 5.97 Å². The minimum Gasteiger partial charge on any atom is -0.481 e. The Kier molecular flexibility index (Phi) is 15.5. The number of unbranched alkanes of at least 4 members (excludes halogenated alkanes) is 5. The number of carboxylic acid groups (broad SMARTS) is 1. The summed E-state index contributed by atoms with van der Waals surface area (Å²) in [6.45, 7) is 2.76. The third-order valence-corrected chi connectivity index (χ3v) is 2.99. The van der Waals surface area contributed by atoms with Gasteiger partial charge >= 0.3 is 5.97 Å². The lowest BCUT2D eigenvalue weighted by Crippen LogP contribution is -2.06. The van der Waals surface area contributed by atoms with Gasteiger partial charge in [0.15, 0.2) is 0 Å². The molecule has 0 heterocycles. The fourth-order valence-electron chi connectivity index (χ4n) is 1.63. The average Bonchev–Trinajstić information content (AvgIpc) is 2.39. The highest BCUT2D eigenvalue weighted by Crippen LogP contribution is 2.01. The highest BCUT2D eigenvalue weighted by Gasteiger charge is 1.96. The number of ether oxygens (including phenoxy) is 2. The van der Waals surface area contributed by atoms with Gasteiger partial charge < -0.3 is 14.6 Å². The highest BCUT2D eigenvalue weighted by molar-refractivity contribution is 6.17. The van der Waals surface area contributed by atoms with E-state index in [9.17, 15) is 4.79 Å². The molecule has 0 rings (SSSR count). The predicted molar refractivity (Wildman–Crippen MR) is 76.9 cm³/mol. The fraction of sp³-hybridized carbons (Fsp3) is 0.929. The summed E-state index contributed by atoms with van der Waals surface area (Å²) in [5.41, 5.74) is 0. The maximum atomic E-state index is 10.3. The Balaban J connectivity index is 2.93. The molecule has 0 bridgehead atoms. The van der Waals surface area contributed by atoms with E-state index in [1.54, 1.807) is 0 Å². The van der Waals surface area contributed by atoms with Crippen LogP contribution in [-0.2, 0) is 14.3 Å². The van der Waals surface area contributed by atoms with Crippen molar-refractivity contribution in [3.63, 3.8) is 0 Å². The van der Waals surface area contributed by atoms with Crippen LogP contribution in [0.25, 0.3) is 0 Å². The van der Waals surface area contributed by atoms with Crippen LogP contribution in [0.4, 0.5) is 0 Å². The molecule has 5 heteroatoms. The third kappa shape index (κ3) is 17.7. The van der Waals surface area contributed by atoms with E-state index in [2.05, 4.69) is 0 Å². The van der Waals surface area contributed by atoms with Crippen molar-refractivity contribution in [2.75, 3.05) is 32.3 Å². The molecule has 0 saturated carbocycles. The summed E-state index contributed by atoms with van der Waals surface area (Å²) < 4.78 is 10.8. The monoisotopic (exact) mass is 294 g/mol. The van der Waals surface area contributed by atoms with Crippen molar-refractivity contribution < 1.29 is 19.4 Å². The second kappa shape index (κ2) is 15.7. The number of rotatable bonds is 15. The second-order valence-electron chi connectivity index (χ2n) is 4.53. The number of carboxylic acids is 1. The van der Waals surface area contributed by atoms with Crippen molar-refractivity contribution in [2.45, 2.75) is 51.4 Å². The first-order valence-corrected chi connectivity index (χ1v) is 7.74. The average molecular weight is 295 g/mol. The van der Waals surface area contributed by atoms with Crippen molar-refractivity contribution in [1.29, 1.82) is 0 Å².